The van der Waals surface area contributed by atoms with Crippen molar-refractivity contribution in [2.75, 3.05) is 11.9 Å². The molecular weight excluding hydrogens is 316 g/mol. The van der Waals surface area contributed by atoms with Gasteiger partial charge in [0.1, 0.15) is 5.76 Å². The minimum Gasteiger partial charge on any atom is -0.467 e. The second kappa shape index (κ2) is 10.2. The molecule has 0 radical (unpaired) electrons. The highest BCUT2D eigenvalue weighted by atomic mass is 16.3. The number of hydrogen-bond donors (Lipinski definition) is 3. The molecule has 25 heavy (non-hydrogen) atoms. The van der Waals surface area contributed by atoms with Crippen molar-refractivity contribution in [2.24, 2.45) is 4.99 Å². The van der Waals surface area contributed by atoms with E-state index in [4.69, 9.17) is 4.42 Å². The van der Waals surface area contributed by atoms with Crippen molar-refractivity contribution in [3.05, 3.63) is 54.0 Å². The summed E-state index contributed by atoms with van der Waals surface area (Å²) in [4.78, 5) is 16.3. The Balaban J connectivity index is 1.95. The maximum absolute atomic E-state index is 11.7. The lowest BCUT2D eigenvalue weighted by molar-refractivity contribution is -0.116. The van der Waals surface area contributed by atoms with Gasteiger partial charge >= 0.3 is 0 Å². The fraction of sp³-hybridized carbons (Fsp3) is 0.368. The number of carbonyl (C=O) groups is 1. The van der Waals surface area contributed by atoms with Crippen LogP contribution in [0.25, 0.3) is 0 Å². The van der Waals surface area contributed by atoms with E-state index in [1.165, 1.54) is 0 Å². The molecule has 1 aromatic carbocycles. The molecule has 0 saturated carbocycles. The van der Waals surface area contributed by atoms with Crippen LogP contribution in [0, 0.1) is 0 Å². The highest BCUT2D eigenvalue weighted by Gasteiger charge is 2.03. The van der Waals surface area contributed by atoms with Gasteiger partial charge in [-0.05, 0) is 43.2 Å². The predicted octanol–water partition coefficient (Wildman–Crippen LogP) is 3.27. The van der Waals surface area contributed by atoms with E-state index in [9.17, 15) is 4.79 Å². The zero-order chi connectivity index (χ0) is 17.9. The highest BCUT2D eigenvalue weighted by Crippen LogP contribution is 2.12. The first-order valence-corrected chi connectivity index (χ1v) is 8.64. The molecule has 2 rings (SSSR count). The van der Waals surface area contributed by atoms with Gasteiger partial charge in [-0.25, -0.2) is 4.99 Å². The number of anilines is 1. The fourth-order valence-electron chi connectivity index (χ4n) is 2.29. The molecule has 134 valence electrons. The summed E-state index contributed by atoms with van der Waals surface area (Å²) in [6.45, 7) is 5.88. The molecule has 2 aromatic rings. The Morgan fingerprint density at radius 2 is 2.04 bits per heavy atom. The van der Waals surface area contributed by atoms with Crippen LogP contribution in [0.4, 0.5) is 5.69 Å². The average Bonchev–Trinajstić information content (AvgIpc) is 3.11. The number of benzene rings is 1. The highest BCUT2D eigenvalue weighted by molar-refractivity contribution is 5.90. The average molecular weight is 342 g/mol. The van der Waals surface area contributed by atoms with Gasteiger partial charge in [-0.3, -0.25) is 4.79 Å². The normalized spacial score (nSPS) is 11.2. The fourth-order valence-corrected chi connectivity index (χ4v) is 2.29. The lowest BCUT2D eigenvalue weighted by Crippen LogP contribution is -2.36. The van der Waals surface area contributed by atoms with Crippen molar-refractivity contribution in [1.82, 2.24) is 10.6 Å². The van der Waals surface area contributed by atoms with Crippen LogP contribution in [0.15, 0.2) is 52.1 Å². The van der Waals surface area contributed by atoms with Crippen LogP contribution in [-0.4, -0.2) is 18.4 Å². The summed E-state index contributed by atoms with van der Waals surface area (Å²) in [7, 11) is 0. The number of nitrogens with one attached hydrogen (secondary N) is 3. The molecule has 1 aromatic heterocycles. The van der Waals surface area contributed by atoms with Crippen LogP contribution in [0.2, 0.25) is 0 Å². The number of amides is 1. The molecule has 3 N–H and O–H groups in total. The lowest BCUT2D eigenvalue weighted by atomic mass is 10.2. The van der Waals surface area contributed by atoms with E-state index in [0.29, 0.717) is 19.5 Å². The smallest absolute Gasteiger partial charge is 0.224 e. The topological polar surface area (TPSA) is 78.7 Å². The molecule has 0 atom stereocenters. The summed E-state index contributed by atoms with van der Waals surface area (Å²) in [6, 6.07) is 11.5. The molecule has 1 heterocycles. The molecule has 0 aliphatic heterocycles. The Morgan fingerprint density at radius 1 is 1.16 bits per heavy atom. The van der Waals surface area contributed by atoms with Crippen LogP contribution < -0.4 is 16.0 Å². The molecule has 0 spiro atoms. The van der Waals surface area contributed by atoms with Crippen molar-refractivity contribution in [3.63, 3.8) is 0 Å². The number of furan rings is 1. The summed E-state index contributed by atoms with van der Waals surface area (Å²) in [6.07, 6.45) is 3.02. The van der Waals surface area contributed by atoms with Gasteiger partial charge in [0.15, 0.2) is 5.96 Å². The van der Waals surface area contributed by atoms with Gasteiger partial charge in [0, 0.05) is 18.7 Å². The molecule has 0 bridgehead atoms. The van der Waals surface area contributed by atoms with Gasteiger partial charge in [0.25, 0.3) is 0 Å². The zero-order valence-corrected chi connectivity index (χ0v) is 14.8. The molecule has 0 aliphatic carbocycles. The van der Waals surface area contributed by atoms with E-state index >= 15 is 0 Å². The SMILES string of the molecule is CCCC(=O)Nc1cccc(CN=C(NCC)NCc2ccco2)c1. The van der Waals surface area contributed by atoms with Crippen molar-refractivity contribution in [3.8, 4) is 0 Å². The monoisotopic (exact) mass is 342 g/mol. The Hall–Kier alpha value is -2.76. The van der Waals surface area contributed by atoms with Crippen molar-refractivity contribution < 1.29 is 9.21 Å². The number of nitrogens with zero attached hydrogens (tertiary/aromatic N) is 1. The molecule has 0 fully saturated rings. The van der Waals surface area contributed by atoms with Gasteiger partial charge in [-0.15, -0.1) is 0 Å². The first-order valence-electron chi connectivity index (χ1n) is 8.64. The van der Waals surface area contributed by atoms with Crippen LogP contribution in [0.5, 0.6) is 0 Å². The third kappa shape index (κ3) is 6.71. The van der Waals surface area contributed by atoms with Crippen molar-refractivity contribution in [2.45, 2.75) is 39.8 Å². The Labute approximate surface area is 148 Å². The van der Waals surface area contributed by atoms with Crippen LogP contribution >= 0.6 is 0 Å². The lowest BCUT2D eigenvalue weighted by Gasteiger charge is -2.10. The number of aliphatic imine (C=N–C) groups is 1. The second-order valence-electron chi connectivity index (χ2n) is 5.63. The van der Waals surface area contributed by atoms with E-state index < -0.39 is 0 Å². The van der Waals surface area contributed by atoms with Crippen LogP contribution in [-0.2, 0) is 17.9 Å². The maximum Gasteiger partial charge on any atom is 0.224 e. The quantitative estimate of drug-likeness (QED) is 0.508. The third-order valence-corrected chi connectivity index (χ3v) is 3.46. The van der Waals surface area contributed by atoms with Gasteiger partial charge in [0.05, 0.1) is 19.4 Å². The summed E-state index contributed by atoms with van der Waals surface area (Å²) in [5, 5.41) is 9.35. The first-order chi connectivity index (χ1) is 12.2. The minimum absolute atomic E-state index is 0.0385. The van der Waals surface area contributed by atoms with E-state index in [1.807, 2.05) is 50.2 Å². The summed E-state index contributed by atoms with van der Waals surface area (Å²) >= 11 is 0. The zero-order valence-electron chi connectivity index (χ0n) is 14.8. The van der Waals surface area contributed by atoms with E-state index in [-0.39, 0.29) is 5.91 Å². The van der Waals surface area contributed by atoms with Crippen LogP contribution in [0.3, 0.4) is 0 Å². The largest absolute Gasteiger partial charge is 0.467 e. The number of guanidine groups is 1. The van der Waals surface area contributed by atoms with Crippen molar-refractivity contribution >= 4 is 17.6 Å². The molecule has 6 heteroatoms. The van der Waals surface area contributed by atoms with E-state index in [0.717, 1.165) is 35.9 Å². The predicted molar refractivity (Wildman–Crippen MR) is 100 cm³/mol. The third-order valence-electron chi connectivity index (χ3n) is 3.46. The maximum atomic E-state index is 11.7. The van der Waals surface area contributed by atoms with Gasteiger partial charge in [-0.1, -0.05) is 19.1 Å². The molecule has 0 aliphatic rings. The van der Waals surface area contributed by atoms with Gasteiger partial charge < -0.3 is 20.4 Å². The molecular formula is C19H26N4O2. The minimum atomic E-state index is 0.0385. The summed E-state index contributed by atoms with van der Waals surface area (Å²) in [5.41, 5.74) is 1.84. The molecule has 0 unspecified atom stereocenters. The summed E-state index contributed by atoms with van der Waals surface area (Å²) < 4.78 is 5.31. The number of rotatable bonds is 8. The molecule has 6 nitrogen and oxygen atoms in total. The van der Waals surface area contributed by atoms with Crippen LogP contribution in [0.1, 0.15) is 38.0 Å². The van der Waals surface area contributed by atoms with E-state index in [2.05, 4.69) is 20.9 Å². The Morgan fingerprint density at radius 3 is 2.76 bits per heavy atom. The molecule has 0 saturated heterocycles. The number of hydrogen-bond acceptors (Lipinski definition) is 3. The summed E-state index contributed by atoms with van der Waals surface area (Å²) in [5.74, 6) is 1.61. The second-order valence-corrected chi connectivity index (χ2v) is 5.63. The Kier molecular flexibility index (Phi) is 7.56. The van der Waals surface area contributed by atoms with Crippen molar-refractivity contribution in [1.29, 1.82) is 0 Å². The standard InChI is InChI=1S/C19H26N4O2/c1-3-7-18(24)23-16-9-5-8-15(12-16)13-21-19(20-4-2)22-14-17-10-6-11-25-17/h5-6,8-12H,3-4,7,13-14H2,1-2H3,(H,23,24)(H2,20,21,22). The van der Waals surface area contributed by atoms with Gasteiger partial charge in [-0.2, -0.15) is 0 Å². The Bertz CT molecular complexity index is 680. The van der Waals surface area contributed by atoms with E-state index in [1.54, 1.807) is 6.26 Å². The first kappa shape index (κ1) is 18.6. The molecule has 1 amide bonds. The van der Waals surface area contributed by atoms with Gasteiger partial charge in [0.2, 0.25) is 5.91 Å². The number of carbonyl (C=O) groups excluding carboxylic acids is 1.